The molecule has 0 saturated heterocycles. The molecule has 0 N–H and O–H groups in total. The molecule has 1 aromatic heterocycles. The summed E-state index contributed by atoms with van der Waals surface area (Å²) in [6.45, 7) is 2.90. The van der Waals surface area contributed by atoms with Crippen LogP contribution in [0.4, 0.5) is 0 Å². The number of para-hydroxylation sites is 1. The zero-order valence-electron chi connectivity index (χ0n) is 13.1. The molecule has 2 aromatic carbocycles. The van der Waals surface area contributed by atoms with Crippen molar-refractivity contribution in [2.24, 2.45) is 0 Å². The number of ether oxygens (including phenoxy) is 3. The number of nitrogens with zero attached hydrogens (tertiary/aromatic N) is 1. The van der Waals surface area contributed by atoms with Crippen LogP contribution in [0.25, 0.3) is 21.8 Å². The second kappa shape index (κ2) is 8.10. The molecule has 0 aliphatic carbocycles. The van der Waals surface area contributed by atoms with E-state index in [2.05, 4.69) is 69.6 Å². The molecule has 5 heteroatoms. The highest BCUT2D eigenvalue weighted by Gasteiger charge is 2.10. The van der Waals surface area contributed by atoms with Crippen LogP contribution in [-0.2, 0) is 20.9 Å². The lowest BCUT2D eigenvalue weighted by atomic mass is 10.2. The number of benzene rings is 2. The molecular formula is C18H20INO3. The van der Waals surface area contributed by atoms with Gasteiger partial charge < -0.3 is 18.8 Å². The van der Waals surface area contributed by atoms with Gasteiger partial charge in [0.2, 0.25) is 0 Å². The van der Waals surface area contributed by atoms with Crippen LogP contribution >= 0.6 is 22.6 Å². The molecule has 0 atom stereocenters. The van der Waals surface area contributed by atoms with E-state index in [1.54, 1.807) is 7.11 Å². The summed E-state index contributed by atoms with van der Waals surface area (Å²) in [6, 6.07) is 15.0. The topological polar surface area (TPSA) is 32.6 Å². The third-order valence-corrected chi connectivity index (χ3v) is 4.43. The highest BCUT2D eigenvalue weighted by atomic mass is 127. The lowest BCUT2D eigenvalue weighted by Crippen LogP contribution is -2.10. The van der Waals surface area contributed by atoms with E-state index in [1.165, 1.54) is 25.4 Å². The van der Waals surface area contributed by atoms with Crippen molar-refractivity contribution in [2.45, 2.75) is 6.73 Å². The molecule has 0 amide bonds. The fourth-order valence-electron chi connectivity index (χ4n) is 2.68. The highest BCUT2D eigenvalue weighted by Crippen LogP contribution is 2.30. The molecule has 0 aliphatic heterocycles. The zero-order valence-corrected chi connectivity index (χ0v) is 15.3. The average Bonchev–Trinajstić information content (AvgIpc) is 2.88. The minimum absolute atomic E-state index is 0.526. The fraction of sp³-hybridized carbons (Fsp3) is 0.333. The SMILES string of the molecule is COCCOCCOCn1c2ccccc2c2cc(I)ccc21. The average molecular weight is 425 g/mol. The van der Waals surface area contributed by atoms with Crippen molar-refractivity contribution in [3.63, 3.8) is 0 Å². The van der Waals surface area contributed by atoms with E-state index < -0.39 is 0 Å². The van der Waals surface area contributed by atoms with Crippen LogP contribution in [0.15, 0.2) is 42.5 Å². The number of hydrogen-bond acceptors (Lipinski definition) is 3. The molecule has 4 nitrogen and oxygen atoms in total. The molecule has 3 rings (SSSR count). The summed E-state index contributed by atoms with van der Waals surface area (Å²) in [7, 11) is 1.67. The Bertz CT molecular complexity index is 784. The van der Waals surface area contributed by atoms with E-state index >= 15 is 0 Å². The van der Waals surface area contributed by atoms with Gasteiger partial charge in [0.1, 0.15) is 6.73 Å². The standard InChI is InChI=1S/C18H20INO3/c1-21-8-9-22-10-11-23-13-20-17-5-3-2-4-15(17)16-12-14(19)6-7-18(16)20/h2-7,12H,8-11,13H2,1H3. The van der Waals surface area contributed by atoms with Gasteiger partial charge in [-0.15, -0.1) is 0 Å². The molecule has 0 fully saturated rings. The van der Waals surface area contributed by atoms with Crippen molar-refractivity contribution in [2.75, 3.05) is 33.5 Å². The van der Waals surface area contributed by atoms with Crippen LogP contribution in [0.2, 0.25) is 0 Å². The van der Waals surface area contributed by atoms with Crippen LogP contribution in [0, 0.1) is 3.57 Å². The van der Waals surface area contributed by atoms with Gasteiger partial charge in [0.25, 0.3) is 0 Å². The second-order valence-corrected chi connectivity index (χ2v) is 6.49. The van der Waals surface area contributed by atoms with Gasteiger partial charge in [-0.1, -0.05) is 18.2 Å². The van der Waals surface area contributed by atoms with Gasteiger partial charge in [-0.3, -0.25) is 0 Å². The summed E-state index contributed by atoms with van der Waals surface area (Å²) in [6.07, 6.45) is 0. The van der Waals surface area contributed by atoms with Crippen molar-refractivity contribution >= 4 is 44.4 Å². The Hall–Kier alpha value is -1.15. The molecule has 1 heterocycles. The lowest BCUT2D eigenvalue weighted by Gasteiger charge is -2.09. The van der Waals surface area contributed by atoms with Gasteiger partial charge in [0.15, 0.2) is 0 Å². The monoisotopic (exact) mass is 425 g/mol. The lowest BCUT2D eigenvalue weighted by molar-refractivity contribution is 0.00669. The van der Waals surface area contributed by atoms with Gasteiger partial charge in [-0.25, -0.2) is 0 Å². The minimum Gasteiger partial charge on any atom is -0.382 e. The molecule has 0 aliphatic rings. The Morgan fingerprint density at radius 2 is 1.61 bits per heavy atom. The van der Waals surface area contributed by atoms with Crippen LogP contribution < -0.4 is 0 Å². The largest absolute Gasteiger partial charge is 0.382 e. The Morgan fingerprint density at radius 1 is 0.870 bits per heavy atom. The Labute approximate surface area is 149 Å². The number of halogens is 1. The Morgan fingerprint density at radius 3 is 2.48 bits per heavy atom. The maximum absolute atomic E-state index is 5.80. The van der Waals surface area contributed by atoms with Crippen molar-refractivity contribution in [1.29, 1.82) is 0 Å². The molecule has 122 valence electrons. The van der Waals surface area contributed by atoms with Crippen LogP contribution in [-0.4, -0.2) is 38.1 Å². The summed E-state index contributed by atoms with van der Waals surface area (Å²) < 4.78 is 19.6. The molecule has 3 aromatic rings. The van der Waals surface area contributed by atoms with E-state index in [9.17, 15) is 0 Å². The molecule has 0 spiro atoms. The van der Waals surface area contributed by atoms with E-state index in [0.29, 0.717) is 33.2 Å². The van der Waals surface area contributed by atoms with Gasteiger partial charge in [-0.05, 0) is 46.9 Å². The highest BCUT2D eigenvalue weighted by molar-refractivity contribution is 14.1. The van der Waals surface area contributed by atoms with Gasteiger partial charge in [0.05, 0.1) is 37.5 Å². The number of aromatic nitrogens is 1. The summed E-state index contributed by atoms with van der Waals surface area (Å²) in [5.41, 5.74) is 2.40. The smallest absolute Gasteiger partial charge is 0.123 e. The third kappa shape index (κ3) is 3.85. The van der Waals surface area contributed by atoms with Crippen molar-refractivity contribution < 1.29 is 14.2 Å². The minimum atomic E-state index is 0.526. The first-order valence-electron chi connectivity index (χ1n) is 7.62. The van der Waals surface area contributed by atoms with Crippen LogP contribution in [0.3, 0.4) is 0 Å². The predicted molar refractivity (Wildman–Crippen MR) is 101 cm³/mol. The summed E-state index contributed by atoms with van der Waals surface area (Å²) in [5, 5.41) is 2.54. The van der Waals surface area contributed by atoms with Gasteiger partial charge >= 0.3 is 0 Å². The molecule has 0 bridgehead atoms. The summed E-state index contributed by atoms with van der Waals surface area (Å²) >= 11 is 2.35. The van der Waals surface area contributed by atoms with Gasteiger partial charge in [-0.2, -0.15) is 0 Å². The van der Waals surface area contributed by atoms with Crippen molar-refractivity contribution in [3.05, 3.63) is 46.0 Å². The number of fused-ring (bicyclic) bond motifs is 3. The fourth-order valence-corrected chi connectivity index (χ4v) is 3.17. The quantitative estimate of drug-likeness (QED) is 0.404. The first-order valence-corrected chi connectivity index (χ1v) is 8.70. The third-order valence-electron chi connectivity index (χ3n) is 3.76. The van der Waals surface area contributed by atoms with E-state index in [-0.39, 0.29) is 0 Å². The van der Waals surface area contributed by atoms with E-state index in [0.717, 1.165) is 0 Å². The predicted octanol–water partition coefficient (Wildman–Crippen LogP) is 4.04. The first kappa shape index (κ1) is 16.7. The number of hydrogen-bond donors (Lipinski definition) is 0. The van der Waals surface area contributed by atoms with Crippen LogP contribution in [0.5, 0.6) is 0 Å². The number of methoxy groups -OCH3 is 1. The van der Waals surface area contributed by atoms with Crippen molar-refractivity contribution in [1.82, 2.24) is 4.57 Å². The van der Waals surface area contributed by atoms with Crippen molar-refractivity contribution in [3.8, 4) is 0 Å². The maximum Gasteiger partial charge on any atom is 0.123 e. The maximum atomic E-state index is 5.80. The Kier molecular flexibility index (Phi) is 5.88. The van der Waals surface area contributed by atoms with E-state index in [4.69, 9.17) is 14.2 Å². The Balaban J connectivity index is 1.74. The second-order valence-electron chi connectivity index (χ2n) is 5.25. The number of rotatable bonds is 8. The van der Waals surface area contributed by atoms with E-state index in [1.807, 2.05) is 0 Å². The van der Waals surface area contributed by atoms with Gasteiger partial charge in [0, 0.05) is 21.5 Å². The van der Waals surface area contributed by atoms with Crippen LogP contribution in [0.1, 0.15) is 0 Å². The molecular weight excluding hydrogens is 405 g/mol. The first-order chi connectivity index (χ1) is 11.3. The molecule has 0 radical (unpaired) electrons. The summed E-state index contributed by atoms with van der Waals surface area (Å²) in [5.74, 6) is 0. The zero-order chi connectivity index (χ0) is 16.1. The molecule has 23 heavy (non-hydrogen) atoms. The molecule has 0 saturated carbocycles. The molecule has 0 unspecified atom stereocenters. The summed E-state index contributed by atoms with van der Waals surface area (Å²) in [4.78, 5) is 0. The normalized spacial score (nSPS) is 11.6.